The number of ether oxygens (including phenoxy) is 1. The first kappa shape index (κ1) is 15.4. The van der Waals surface area contributed by atoms with Crippen molar-refractivity contribution in [2.24, 2.45) is 0 Å². The van der Waals surface area contributed by atoms with Gasteiger partial charge < -0.3 is 4.74 Å². The van der Waals surface area contributed by atoms with Crippen LogP contribution in [0.15, 0.2) is 35.5 Å². The van der Waals surface area contributed by atoms with Gasteiger partial charge in [0.05, 0.1) is 39.5 Å². The summed E-state index contributed by atoms with van der Waals surface area (Å²) in [5, 5.41) is 4.16. The van der Waals surface area contributed by atoms with E-state index in [2.05, 4.69) is 14.8 Å². The summed E-state index contributed by atoms with van der Waals surface area (Å²) in [5.41, 5.74) is -1.26. The number of sulfonamides is 1. The highest BCUT2D eigenvalue weighted by Gasteiger charge is 2.59. The van der Waals surface area contributed by atoms with Crippen LogP contribution in [0.4, 0.5) is 18.9 Å². The first-order valence-corrected chi connectivity index (χ1v) is 9.56. The van der Waals surface area contributed by atoms with Crippen molar-refractivity contribution < 1.29 is 30.4 Å². The minimum Gasteiger partial charge on any atom is -0.479 e. The van der Waals surface area contributed by atoms with Crippen LogP contribution in [0.1, 0.15) is 22.1 Å². The molecule has 0 amide bonds. The standard InChI is InChI=1S/C16H12ClF3N4O3S/c1-27-15-11(4-10(18)14(22-15)9-5-16(9,19)20)23-28(25,26)13-6-21-24-7-8(17)2-3-12(13)24/h2-4,6-7,9,23H,5H2,1H3/i1D3. The number of alkyl halides is 2. The summed E-state index contributed by atoms with van der Waals surface area (Å²) in [6.45, 7) is 0. The highest BCUT2D eigenvalue weighted by Crippen LogP contribution is 2.56. The molecule has 1 atom stereocenters. The number of nitrogens with one attached hydrogen (secondary N) is 1. The number of hydrogen-bond acceptors (Lipinski definition) is 5. The monoisotopic (exact) mass is 435 g/mol. The Morgan fingerprint density at radius 1 is 1.46 bits per heavy atom. The summed E-state index contributed by atoms with van der Waals surface area (Å²) < 4.78 is 96.4. The van der Waals surface area contributed by atoms with Crippen LogP contribution in [-0.4, -0.2) is 36.0 Å². The lowest BCUT2D eigenvalue weighted by atomic mass is 10.2. The molecule has 0 radical (unpaired) electrons. The fourth-order valence-electron chi connectivity index (χ4n) is 2.73. The van der Waals surface area contributed by atoms with Gasteiger partial charge in [-0.1, -0.05) is 11.6 Å². The highest BCUT2D eigenvalue weighted by atomic mass is 35.5. The Hall–Kier alpha value is -2.53. The predicted molar refractivity (Wildman–Crippen MR) is 94.1 cm³/mol. The summed E-state index contributed by atoms with van der Waals surface area (Å²) in [6.07, 6.45) is 1.69. The van der Waals surface area contributed by atoms with Gasteiger partial charge in [-0.05, 0) is 12.1 Å². The maximum absolute atomic E-state index is 14.5. The number of aromatic nitrogens is 3. The third-order valence-electron chi connectivity index (χ3n) is 4.20. The largest absolute Gasteiger partial charge is 0.479 e. The molecule has 0 saturated heterocycles. The Labute approximate surface area is 166 Å². The number of halogens is 4. The van der Waals surface area contributed by atoms with E-state index in [0.717, 1.165) is 6.20 Å². The Morgan fingerprint density at radius 3 is 2.89 bits per heavy atom. The van der Waals surface area contributed by atoms with E-state index in [-0.39, 0.29) is 10.4 Å². The molecule has 1 N–H and O–H groups in total. The van der Waals surface area contributed by atoms with Crippen LogP contribution in [-0.2, 0) is 10.0 Å². The molecule has 1 unspecified atom stereocenters. The van der Waals surface area contributed by atoms with Crippen LogP contribution in [0.3, 0.4) is 0 Å². The molecule has 1 saturated carbocycles. The summed E-state index contributed by atoms with van der Waals surface area (Å²) >= 11 is 5.84. The van der Waals surface area contributed by atoms with Crippen molar-refractivity contribution >= 4 is 32.8 Å². The van der Waals surface area contributed by atoms with Gasteiger partial charge in [0, 0.05) is 18.7 Å². The molecular formula is C16H12ClF3N4O3S. The van der Waals surface area contributed by atoms with Crippen LogP contribution in [0, 0.1) is 5.82 Å². The van der Waals surface area contributed by atoms with Crippen LogP contribution in [0.2, 0.25) is 5.02 Å². The van der Waals surface area contributed by atoms with E-state index >= 15 is 0 Å². The van der Waals surface area contributed by atoms with Crippen molar-refractivity contribution in [2.45, 2.75) is 23.2 Å². The maximum Gasteiger partial charge on any atom is 0.265 e. The van der Waals surface area contributed by atoms with Crippen molar-refractivity contribution in [3.8, 4) is 5.88 Å². The van der Waals surface area contributed by atoms with E-state index in [1.165, 1.54) is 22.8 Å². The molecule has 1 fully saturated rings. The number of pyridine rings is 2. The molecule has 28 heavy (non-hydrogen) atoms. The number of anilines is 1. The molecule has 3 heterocycles. The number of rotatable bonds is 5. The molecule has 1 aliphatic rings. The molecule has 12 heteroatoms. The lowest BCUT2D eigenvalue weighted by Gasteiger charge is -2.12. The van der Waals surface area contributed by atoms with Gasteiger partial charge in [0.2, 0.25) is 5.88 Å². The summed E-state index contributed by atoms with van der Waals surface area (Å²) in [5.74, 6) is -6.84. The third kappa shape index (κ3) is 3.14. The van der Waals surface area contributed by atoms with Crippen molar-refractivity contribution in [1.82, 2.24) is 14.6 Å². The average Bonchev–Trinajstić information content (AvgIpc) is 3.05. The van der Waals surface area contributed by atoms with Gasteiger partial charge in [0.25, 0.3) is 15.9 Å². The van der Waals surface area contributed by atoms with Crippen molar-refractivity contribution in [2.75, 3.05) is 11.8 Å². The van der Waals surface area contributed by atoms with E-state index in [4.69, 9.17) is 15.7 Å². The Morgan fingerprint density at radius 2 is 2.21 bits per heavy atom. The van der Waals surface area contributed by atoms with Crippen molar-refractivity contribution in [3.63, 3.8) is 0 Å². The molecule has 3 aromatic rings. The average molecular weight is 436 g/mol. The zero-order chi connectivity index (χ0) is 22.8. The minimum atomic E-state index is -4.44. The second-order valence-corrected chi connectivity index (χ2v) is 8.21. The molecule has 0 aromatic carbocycles. The van der Waals surface area contributed by atoms with Gasteiger partial charge in [-0.3, -0.25) is 4.72 Å². The quantitative estimate of drug-likeness (QED) is 0.663. The lowest BCUT2D eigenvalue weighted by molar-refractivity contribution is 0.111. The van der Waals surface area contributed by atoms with Gasteiger partial charge >= 0.3 is 0 Å². The smallest absolute Gasteiger partial charge is 0.265 e. The molecule has 1 aliphatic carbocycles. The fraction of sp³-hybridized carbons (Fsp3) is 0.250. The lowest BCUT2D eigenvalue weighted by Crippen LogP contribution is -2.15. The number of nitrogens with zero attached hydrogens (tertiary/aromatic N) is 3. The minimum absolute atomic E-state index is 0.123. The van der Waals surface area contributed by atoms with E-state index in [1.807, 2.05) is 4.72 Å². The van der Waals surface area contributed by atoms with Gasteiger partial charge in [-0.25, -0.2) is 31.1 Å². The molecular weight excluding hydrogens is 421 g/mol. The normalized spacial score (nSPS) is 20.3. The maximum atomic E-state index is 14.5. The summed E-state index contributed by atoms with van der Waals surface area (Å²) in [6, 6.07) is 3.35. The van der Waals surface area contributed by atoms with E-state index in [1.54, 1.807) is 0 Å². The van der Waals surface area contributed by atoms with Crippen LogP contribution >= 0.6 is 11.6 Å². The van der Waals surface area contributed by atoms with Crippen LogP contribution in [0.25, 0.3) is 5.52 Å². The van der Waals surface area contributed by atoms with Crippen molar-refractivity contribution in [3.05, 3.63) is 47.1 Å². The van der Waals surface area contributed by atoms with E-state index < -0.39 is 58.4 Å². The van der Waals surface area contributed by atoms with E-state index in [0.29, 0.717) is 11.1 Å². The summed E-state index contributed by atoms with van der Waals surface area (Å²) in [7, 11) is -7.54. The molecule has 148 valence electrons. The van der Waals surface area contributed by atoms with Crippen LogP contribution < -0.4 is 9.46 Å². The molecule has 0 bridgehead atoms. The first-order valence-electron chi connectivity index (χ1n) is 9.20. The molecule has 3 aromatic heterocycles. The number of methoxy groups -OCH3 is 1. The second kappa shape index (κ2) is 6.24. The van der Waals surface area contributed by atoms with Gasteiger partial charge in [-0.2, -0.15) is 5.10 Å². The predicted octanol–water partition coefficient (Wildman–Crippen LogP) is 3.45. The molecule has 0 spiro atoms. The Kier molecular flexibility index (Phi) is 3.43. The fourth-order valence-corrected chi connectivity index (χ4v) is 4.06. The van der Waals surface area contributed by atoms with Crippen LogP contribution in [0.5, 0.6) is 5.88 Å². The van der Waals surface area contributed by atoms with Crippen molar-refractivity contribution in [1.29, 1.82) is 0 Å². The summed E-state index contributed by atoms with van der Waals surface area (Å²) in [4.78, 5) is 3.22. The topological polar surface area (TPSA) is 85.6 Å². The molecule has 4 rings (SSSR count). The first-order chi connectivity index (χ1) is 14.3. The number of fused-ring (bicyclic) bond motifs is 1. The molecule has 0 aliphatic heterocycles. The van der Waals surface area contributed by atoms with Gasteiger partial charge in [0.1, 0.15) is 16.4 Å². The highest BCUT2D eigenvalue weighted by molar-refractivity contribution is 7.93. The Bertz CT molecular complexity index is 1300. The third-order valence-corrected chi connectivity index (χ3v) is 5.81. The molecule has 7 nitrogen and oxygen atoms in total. The Balaban J connectivity index is 1.76. The zero-order valence-electron chi connectivity index (χ0n) is 16.7. The van der Waals surface area contributed by atoms with Gasteiger partial charge in [0.15, 0.2) is 0 Å². The number of hydrogen-bond donors (Lipinski definition) is 1. The second-order valence-electron chi connectivity index (χ2n) is 6.12. The zero-order valence-corrected chi connectivity index (χ0v) is 15.2. The SMILES string of the molecule is [2H]C([2H])([2H])Oc1nc(C2CC2(F)F)c(F)cc1NS(=O)(=O)c1cnn2cc(Cl)ccc12. The van der Waals surface area contributed by atoms with E-state index in [9.17, 15) is 21.6 Å². The van der Waals surface area contributed by atoms with Gasteiger partial charge in [-0.15, -0.1) is 0 Å².